The molecule has 0 unspecified atom stereocenters. The molecule has 0 amide bonds. The van der Waals surface area contributed by atoms with Gasteiger partial charge in [-0.25, -0.2) is 5.43 Å². The molecule has 116 valence electrons. The van der Waals surface area contributed by atoms with Crippen LogP contribution >= 0.6 is 15.9 Å². The van der Waals surface area contributed by atoms with Crippen molar-refractivity contribution in [3.63, 3.8) is 0 Å². The van der Waals surface area contributed by atoms with Crippen LogP contribution in [0.1, 0.15) is 25.5 Å². The molecule has 0 fully saturated rings. The Labute approximate surface area is 139 Å². The molecule has 22 heavy (non-hydrogen) atoms. The van der Waals surface area contributed by atoms with E-state index in [1.54, 1.807) is 6.21 Å². The highest BCUT2D eigenvalue weighted by atomic mass is 79.9. The molecule has 1 aromatic heterocycles. The van der Waals surface area contributed by atoms with Gasteiger partial charge in [0.1, 0.15) is 0 Å². The van der Waals surface area contributed by atoms with Crippen LogP contribution in [-0.2, 0) is 0 Å². The average Bonchev–Trinajstić information content (AvgIpc) is 2.96. The summed E-state index contributed by atoms with van der Waals surface area (Å²) in [4.78, 5) is 4.18. The van der Waals surface area contributed by atoms with E-state index >= 15 is 0 Å². The lowest BCUT2D eigenvalue weighted by molar-refractivity contribution is 0.800. The number of hydrazone groups is 1. The van der Waals surface area contributed by atoms with Gasteiger partial charge in [0.05, 0.1) is 17.6 Å². The van der Waals surface area contributed by atoms with Crippen LogP contribution in [0.5, 0.6) is 0 Å². The van der Waals surface area contributed by atoms with Gasteiger partial charge in [-0.3, -0.25) is 4.99 Å². The highest BCUT2D eigenvalue weighted by molar-refractivity contribution is 9.10. The number of hydrogen-bond donors (Lipinski definition) is 2. The molecule has 0 aliphatic heterocycles. The molecule has 0 bridgehead atoms. The van der Waals surface area contributed by atoms with Crippen LogP contribution < -0.4 is 11.2 Å². The number of aromatic nitrogens is 1. The summed E-state index contributed by atoms with van der Waals surface area (Å²) in [6.45, 7) is 2.84. The van der Waals surface area contributed by atoms with Crippen molar-refractivity contribution in [2.24, 2.45) is 15.8 Å². The summed E-state index contributed by atoms with van der Waals surface area (Å²) in [5.74, 6) is 0.337. The van der Waals surface area contributed by atoms with Crippen LogP contribution in [0, 0.1) is 0 Å². The van der Waals surface area contributed by atoms with E-state index < -0.39 is 0 Å². The topological polar surface area (TPSA) is 67.7 Å². The van der Waals surface area contributed by atoms with Crippen LogP contribution in [0.3, 0.4) is 0 Å². The first kappa shape index (κ1) is 16.3. The van der Waals surface area contributed by atoms with Crippen LogP contribution in [0.15, 0.2) is 57.2 Å². The Bertz CT molecular complexity index is 660. The first-order chi connectivity index (χ1) is 10.7. The second kappa shape index (κ2) is 8.38. The zero-order valence-electron chi connectivity index (χ0n) is 12.5. The number of hydrogen-bond acceptors (Lipinski definition) is 2. The van der Waals surface area contributed by atoms with Crippen molar-refractivity contribution in [1.82, 2.24) is 9.99 Å². The summed E-state index contributed by atoms with van der Waals surface area (Å²) in [7, 11) is 0. The third-order valence-corrected chi connectivity index (χ3v) is 3.73. The van der Waals surface area contributed by atoms with Crippen molar-refractivity contribution in [3.05, 3.63) is 52.8 Å². The number of aliphatic imine (C=N–C) groups is 1. The van der Waals surface area contributed by atoms with Crippen molar-refractivity contribution >= 4 is 28.1 Å². The Balaban J connectivity index is 2.06. The van der Waals surface area contributed by atoms with E-state index in [1.807, 2.05) is 47.2 Å². The zero-order chi connectivity index (χ0) is 15.8. The summed E-state index contributed by atoms with van der Waals surface area (Å²) < 4.78 is 3.06. The number of nitrogens with one attached hydrogen (secondary N) is 1. The number of unbranched alkanes of at least 4 members (excludes halogenated alkanes) is 1. The fourth-order valence-electron chi connectivity index (χ4n) is 1.92. The third kappa shape index (κ3) is 4.46. The molecule has 0 saturated heterocycles. The van der Waals surface area contributed by atoms with Gasteiger partial charge in [-0.2, -0.15) is 5.10 Å². The number of benzene rings is 1. The number of para-hydroxylation sites is 1. The Hall–Kier alpha value is -2.08. The van der Waals surface area contributed by atoms with Gasteiger partial charge in [-0.15, -0.1) is 0 Å². The summed E-state index contributed by atoms with van der Waals surface area (Å²) in [6, 6.07) is 12.0. The Morgan fingerprint density at radius 3 is 2.91 bits per heavy atom. The molecule has 1 heterocycles. The molecular weight excluding hydrogens is 342 g/mol. The maximum Gasteiger partial charge on any atom is 0.209 e. The van der Waals surface area contributed by atoms with Gasteiger partial charge in [0.15, 0.2) is 0 Å². The zero-order valence-corrected chi connectivity index (χ0v) is 14.1. The van der Waals surface area contributed by atoms with Gasteiger partial charge in [0, 0.05) is 17.2 Å². The Morgan fingerprint density at radius 2 is 2.14 bits per heavy atom. The second-order valence-corrected chi connectivity index (χ2v) is 5.60. The fraction of sp³-hybridized carbons (Fsp3) is 0.250. The molecular formula is C16H20BrN5. The largest absolute Gasteiger partial charge is 0.369 e. The Kier molecular flexibility index (Phi) is 6.21. The van der Waals surface area contributed by atoms with Crippen molar-refractivity contribution in [2.75, 3.05) is 6.54 Å². The molecule has 5 nitrogen and oxygen atoms in total. The van der Waals surface area contributed by atoms with Crippen LogP contribution in [-0.4, -0.2) is 23.3 Å². The van der Waals surface area contributed by atoms with Crippen molar-refractivity contribution in [1.29, 1.82) is 0 Å². The lowest BCUT2D eigenvalue weighted by atomic mass is 10.3. The minimum absolute atomic E-state index is 0.337. The van der Waals surface area contributed by atoms with Crippen LogP contribution in [0.25, 0.3) is 5.69 Å². The fourth-order valence-corrected chi connectivity index (χ4v) is 2.40. The van der Waals surface area contributed by atoms with Crippen molar-refractivity contribution in [3.8, 4) is 5.69 Å². The van der Waals surface area contributed by atoms with E-state index in [0.717, 1.165) is 35.2 Å². The van der Waals surface area contributed by atoms with Crippen molar-refractivity contribution < 1.29 is 0 Å². The minimum Gasteiger partial charge on any atom is -0.369 e. The molecule has 6 heteroatoms. The molecule has 1 aromatic carbocycles. The number of halogens is 1. The highest BCUT2D eigenvalue weighted by Crippen LogP contribution is 2.21. The SMILES string of the molecule is CCCCN=C(N)N/N=C/c1cccn1-c1ccccc1Br. The number of nitrogens with zero attached hydrogens (tertiary/aromatic N) is 3. The monoisotopic (exact) mass is 361 g/mol. The van der Waals surface area contributed by atoms with Gasteiger partial charge in [-0.1, -0.05) is 25.5 Å². The Morgan fingerprint density at radius 1 is 1.32 bits per heavy atom. The normalized spacial score (nSPS) is 12.0. The molecule has 0 saturated carbocycles. The molecule has 2 aromatic rings. The highest BCUT2D eigenvalue weighted by Gasteiger charge is 2.04. The summed E-state index contributed by atoms with van der Waals surface area (Å²) in [6.07, 6.45) is 5.83. The lowest BCUT2D eigenvalue weighted by Gasteiger charge is -2.08. The lowest BCUT2D eigenvalue weighted by Crippen LogP contribution is -2.27. The summed E-state index contributed by atoms with van der Waals surface area (Å²) >= 11 is 3.56. The number of nitrogens with two attached hydrogens (primary N) is 1. The number of rotatable bonds is 6. The molecule has 0 spiro atoms. The van der Waals surface area contributed by atoms with E-state index in [0.29, 0.717) is 5.96 Å². The molecule has 2 rings (SSSR count). The quantitative estimate of drug-likeness (QED) is 0.358. The van der Waals surface area contributed by atoms with E-state index in [2.05, 4.69) is 38.4 Å². The minimum atomic E-state index is 0.337. The molecule has 3 N–H and O–H groups in total. The smallest absolute Gasteiger partial charge is 0.209 e. The molecule has 0 radical (unpaired) electrons. The standard InChI is InChI=1S/C16H20BrN5/c1-2-3-10-19-16(18)21-20-12-13-7-6-11-22(13)15-9-5-4-8-14(15)17/h4-9,11-12H,2-3,10H2,1H3,(H3,18,19,21)/b20-12+. The molecule has 0 atom stereocenters. The molecule has 0 aliphatic carbocycles. The predicted molar refractivity (Wildman–Crippen MR) is 95.6 cm³/mol. The number of guanidine groups is 1. The van der Waals surface area contributed by atoms with Gasteiger partial charge in [-0.05, 0) is 46.6 Å². The van der Waals surface area contributed by atoms with E-state index in [1.165, 1.54) is 0 Å². The molecule has 0 aliphatic rings. The average molecular weight is 362 g/mol. The second-order valence-electron chi connectivity index (χ2n) is 4.74. The van der Waals surface area contributed by atoms with E-state index in [9.17, 15) is 0 Å². The van der Waals surface area contributed by atoms with Crippen LogP contribution in [0.4, 0.5) is 0 Å². The summed E-state index contributed by atoms with van der Waals surface area (Å²) in [5, 5.41) is 4.14. The van der Waals surface area contributed by atoms with Gasteiger partial charge >= 0.3 is 0 Å². The van der Waals surface area contributed by atoms with E-state index in [-0.39, 0.29) is 0 Å². The first-order valence-corrected chi connectivity index (χ1v) is 8.03. The van der Waals surface area contributed by atoms with Crippen molar-refractivity contribution in [2.45, 2.75) is 19.8 Å². The predicted octanol–water partition coefficient (Wildman–Crippen LogP) is 3.28. The van der Waals surface area contributed by atoms with Gasteiger partial charge in [0.25, 0.3) is 0 Å². The maximum absolute atomic E-state index is 5.74. The first-order valence-electron chi connectivity index (χ1n) is 7.23. The third-order valence-electron chi connectivity index (χ3n) is 3.06. The van der Waals surface area contributed by atoms with Gasteiger partial charge in [0.2, 0.25) is 5.96 Å². The summed E-state index contributed by atoms with van der Waals surface area (Å²) in [5.41, 5.74) is 10.5. The maximum atomic E-state index is 5.74. The van der Waals surface area contributed by atoms with Crippen LogP contribution in [0.2, 0.25) is 0 Å². The van der Waals surface area contributed by atoms with Gasteiger partial charge < -0.3 is 10.3 Å². The van der Waals surface area contributed by atoms with E-state index in [4.69, 9.17) is 5.73 Å².